The molecule has 0 bridgehead atoms. The van der Waals surface area contributed by atoms with Gasteiger partial charge in [0.2, 0.25) is 0 Å². The van der Waals surface area contributed by atoms with Crippen molar-refractivity contribution in [1.29, 1.82) is 0 Å². The van der Waals surface area contributed by atoms with Crippen molar-refractivity contribution in [2.24, 2.45) is 11.5 Å². The van der Waals surface area contributed by atoms with Crippen LogP contribution in [0.15, 0.2) is 0 Å². The summed E-state index contributed by atoms with van der Waals surface area (Å²) in [6.07, 6.45) is 5.54. The summed E-state index contributed by atoms with van der Waals surface area (Å²) in [5.41, 5.74) is 10.4. The van der Waals surface area contributed by atoms with Crippen LogP contribution in [0.1, 0.15) is 38.5 Å². The Morgan fingerprint density at radius 1 is 1.11 bits per heavy atom. The molecule has 112 valence electrons. The van der Waals surface area contributed by atoms with E-state index in [1.54, 1.807) is 0 Å². The molecule has 19 heavy (non-hydrogen) atoms. The maximum Gasteiger partial charge on any atom is 0.320 e. The maximum absolute atomic E-state index is 10.1. The summed E-state index contributed by atoms with van der Waals surface area (Å²) in [5.74, 6) is -0.933. The lowest BCUT2D eigenvalue weighted by Gasteiger charge is -2.03. The zero-order valence-electron chi connectivity index (χ0n) is 11.1. The zero-order valence-corrected chi connectivity index (χ0v) is 11.1. The predicted molar refractivity (Wildman–Crippen MR) is 71.6 cm³/mol. The number of nitrogens with two attached hydrogens (primary N) is 2. The Labute approximate surface area is 113 Å². The van der Waals surface area contributed by atoms with Crippen LogP contribution in [0.2, 0.25) is 0 Å². The molecule has 0 aromatic rings. The highest BCUT2D eigenvalue weighted by Crippen LogP contribution is 1.96. The molecule has 0 saturated heterocycles. The van der Waals surface area contributed by atoms with Crippen molar-refractivity contribution in [3.8, 4) is 0 Å². The second-order valence-corrected chi connectivity index (χ2v) is 3.49. The van der Waals surface area contributed by atoms with E-state index in [1.807, 2.05) is 6.79 Å². The van der Waals surface area contributed by atoms with Crippen LogP contribution >= 0.6 is 0 Å². The average molecular weight is 276 g/mol. The molecule has 0 heterocycles. The van der Waals surface area contributed by atoms with Gasteiger partial charge in [0.25, 0.3) is 0 Å². The normalized spacial score (nSPS) is 10.0. The monoisotopic (exact) mass is 276 g/mol. The van der Waals surface area contributed by atoms with E-state index in [1.165, 1.54) is 0 Å². The fourth-order valence-electron chi connectivity index (χ4n) is 0.917. The van der Waals surface area contributed by atoms with Gasteiger partial charge in [0.05, 0.1) is 0 Å². The minimum Gasteiger partial charge on any atom is -0.480 e. The minimum atomic E-state index is -0.933. The van der Waals surface area contributed by atoms with Gasteiger partial charge in [0.1, 0.15) is 25.4 Å². The molecule has 0 fully saturated rings. The van der Waals surface area contributed by atoms with E-state index in [-0.39, 0.29) is 0 Å². The van der Waals surface area contributed by atoms with Gasteiger partial charge in [0.15, 0.2) is 0 Å². The van der Waals surface area contributed by atoms with Crippen LogP contribution in [0.3, 0.4) is 0 Å². The van der Waals surface area contributed by atoms with E-state index in [0.29, 0.717) is 32.2 Å². The molecule has 1 atom stereocenters. The van der Waals surface area contributed by atoms with E-state index < -0.39 is 12.0 Å². The number of carbonyl (C=O) groups is 4. The van der Waals surface area contributed by atoms with Crippen molar-refractivity contribution in [1.82, 2.24) is 0 Å². The fraction of sp³-hybridized carbons (Fsp3) is 0.667. The minimum absolute atomic E-state index is 0.513. The van der Waals surface area contributed by atoms with Gasteiger partial charge < -0.3 is 31.0 Å². The highest BCUT2D eigenvalue weighted by molar-refractivity contribution is 5.72. The molecular weight excluding hydrogens is 252 g/mol. The first-order valence-corrected chi connectivity index (χ1v) is 5.94. The Morgan fingerprint density at radius 2 is 1.58 bits per heavy atom. The van der Waals surface area contributed by atoms with Crippen LogP contribution in [0, 0.1) is 0 Å². The number of carboxylic acids is 1. The molecule has 0 aromatic carbocycles. The maximum atomic E-state index is 10.1. The van der Waals surface area contributed by atoms with Gasteiger partial charge in [-0.2, -0.15) is 0 Å². The summed E-state index contributed by atoms with van der Waals surface area (Å²) >= 11 is 0. The lowest BCUT2D eigenvalue weighted by atomic mass is 10.1. The Kier molecular flexibility index (Phi) is 25.7. The number of rotatable bonds is 9. The number of carbonyl (C=O) groups excluding carboxylic acids is 3. The van der Waals surface area contributed by atoms with Crippen molar-refractivity contribution in [3.05, 3.63) is 0 Å². The van der Waals surface area contributed by atoms with Gasteiger partial charge in [-0.25, -0.2) is 0 Å². The second kappa shape index (κ2) is 21.7. The lowest BCUT2D eigenvalue weighted by Crippen LogP contribution is -2.29. The summed E-state index contributed by atoms with van der Waals surface area (Å²) in [4.78, 5) is 37.3. The van der Waals surface area contributed by atoms with Crippen LogP contribution in [0.5, 0.6) is 0 Å². The number of hydrogen-bond donors (Lipinski definition) is 3. The van der Waals surface area contributed by atoms with Crippen molar-refractivity contribution in [2.75, 3.05) is 6.54 Å². The van der Waals surface area contributed by atoms with Crippen molar-refractivity contribution >= 4 is 25.3 Å². The van der Waals surface area contributed by atoms with Crippen molar-refractivity contribution in [3.63, 3.8) is 0 Å². The molecule has 7 heteroatoms. The third-order valence-corrected chi connectivity index (χ3v) is 1.93. The molecule has 7 nitrogen and oxygen atoms in total. The van der Waals surface area contributed by atoms with E-state index in [4.69, 9.17) is 21.4 Å². The Hall–Kier alpha value is -1.60. The van der Waals surface area contributed by atoms with Crippen LogP contribution in [-0.4, -0.2) is 43.0 Å². The quantitative estimate of drug-likeness (QED) is 0.394. The SMILES string of the molecule is C=O.NCCCCC(N)C(=O)O.O=CCCCC=O. The van der Waals surface area contributed by atoms with Crippen molar-refractivity contribution in [2.45, 2.75) is 44.6 Å². The molecule has 0 aliphatic heterocycles. The molecule has 0 spiro atoms. The third-order valence-electron chi connectivity index (χ3n) is 1.93. The van der Waals surface area contributed by atoms with E-state index >= 15 is 0 Å². The van der Waals surface area contributed by atoms with E-state index in [2.05, 4.69) is 0 Å². The highest BCUT2D eigenvalue weighted by atomic mass is 16.4. The molecular formula is C12H24N2O5. The topological polar surface area (TPSA) is 141 Å². The Morgan fingerprint density at radius 3 is 1.89 bits per heavy atom. The van der Waals surface area contributed by atoms with Crippen LogP contribution in [0.25, 0.3) is 0 Å². The van der Waals surface area contributed by atoms with Gasteiger partial charge in [0, 0.05) is 12.8 Å². The van der Waals surface area contributed by atoms with E-state index in [9.17, 15) is 14.4 Å². The lowest BCUT2D eigenvalue weighted by molar-refractivity contribution is -0.138. The molecule has 0 aliphatic rings. The van der Waals surface area contributed by atoms with Crippen LogP contribution < -0.4 is 11.5 Å². The summed E-state index contributed by atoms with van der Waals surface area (Å²) in [5, 5.41) is 8.33. The van der Waals surface area contributed by atoms with Gasteiger partial charge >= 0.3 is 5.97 Å². The average Bonchev–Trinajstić information content (AvgIpc) is 2.42. The summed E-state index contributed by atoms with van der Waals surface area (Å²) in [7, 11) is 0. The smallest absolute Gasteiger partial charge is 0.320 e. The standard InChI is InChI=1S/C6H14N2O2.C5H8O2.CH2O/c7-4-2-1-3-5(8)6(9)10;6-4-2-1-3-5-7;1-2/h5H,1-4,7-8H2,(H,9,10);4-5H,1-3H2;1H2. The number of aliphatic carboxylic acids is 1. The summed E-state index contributed by atoms with van der Waals surface area (Å²) in [6.45, 7) is 2.60. The van der Waals surface area contributed by atoms with E-state index in [0.717, 1.165) is 25.4 Å². The first-order chi connectivity index (χ1) is 9.09. The number of unbranched alkanes of at least 4 members (excludes halogenated alkanes) is 3. The van der Waals surface area contributed by atoms with Gasteiger partial charge in [-0.3, -0.25) is 4.79 Å². The first-order valence-electron chi connectivity index (χ1n) is 5.94. The fourth-order valence-corrected chi connectivity index (χ4v) is 0.917. The number of aldehydes is 2. The van der Waals surface area contributed by atoms with Crippen LogP contribution in [0.4, 0.5) is 0 Å². The molecule has 0 aromatic heterocycles. The number of carboxylic acid groups (broad SMARTS) is 1. The highest BCUT2D eigenvalue weighted by Gasteiger charge is 2.09. The van der Waals surface area contributed by atoms with Gasteiger partial charge in [-0.1, -0.05) is 6.42 Å². The van der Waals surface area contributed by atoms with Crippen molar-refractivity contribution < 1.29 is 24.3 Å². The number of hydrogen-bond acceptors (Lipinski definition) is 6. The second-order valence-electron chi connectivity index (χ2n) is 3.49. The van der Waals surface area contributed by atoms with Gasteiger partial charge in [-0.15, -0.1) is 0 Å². The largest absolute Gasteiger partial charge is 0.480 e. The molecule has 0 aliphatic carbocycles. The first kappa shape index (κ1) is 22.6. The summed E-state index contributed by atoms with van der Waals surface area (Å²) in [6, 6.07) is -0.716. The summed E-state index contributed by atoms with van der Waals surface area (Å²) < 4.78 is 0. The molecule has 0 amide bonds. The molecule has 0 rings (SSSR count). The molecule has 0 radical (unpaired) electrons. The Balaban J connectivity index is -0.000000249. The Bertz CT molecular complexity index is 216. The van der Waals surface area contributed by atoms with Gasteiger partial charge in [-0.05, 0) is 25.8 Å². The molecule has 0 saturated carbocycles. The predicted octanol–water partition coefficient (Wildman–Crippen LogP) is -0.103. The van der Waals surface area contributed by atoms with Crippen LogP contribution in [-0.2, 0) is 19.2 Å². The third kappa shape index (κ3) is 26.2. The molecule has 5 N–H and O–H groups in total. The molecule has 1 unspecified atom stereocenters. The zero-order chi connectivity index (χ0) is 15.5.